The van der Waals surface area contributed by atoms with Crippen molar-refractivity contribution in [1.29, 1.82) is 0 Å². The molecule has 0 heterocycles. The van der Waals surface area contributed by atoms with Crippen molar-refractivity contribution in [3.8, 4) is 11.5 Å². The molecule has 0 spiro atoms. The molecule has 7 heteroatoms. The highest BCUT2D eigenvalue weighted by Crippen LogP contribution is 2.29. The van der Waals surface area contributed by atoms with Crippen molar-refractivity contribution in [3.05, 3.63) is 57.6 Å². The highest BCUT2D eigenvalue weighted by molar-refractivity contribution is 5.91. The fraction of sp³-hybridized carbons (Fsp3) is 0.409. The summed E-state index contributed by atoms with van der Waals surface area (Å²) in [7, 11) is 0. The van der Waals surface area contributed by atoms with E-state index < -0.39 is 4.92 Å². The first kappa shape index (κ1) is 22.2. The van der Waals surface area contributed by atoms with Gasteiger partial charge in [0.2, 0.25) is 5.91 Å². The van der Waals surface area contributed by atoms with Gasteiger partial charge in [0.15, 0.2) is 11.5 Å². The molecule has 156 valence electrons. The summed E-state index contributed by atoms with van der Waals surface area (Å²) in [6.45, 7) is 6.85. The zero-order chi connectivity index (χ0) is 21.2. The van der Waals surface area contributed by atoms with Crippen LogP contribution < -0.4 is 14.8 Å². The molecule has 2 aromatic rings. The van der Waals surface area contributed by atoms with Gasteiger partial charge in [-0.1, -0.05) is 25.5 Å². The minimum absolute atomic E-state index is 0.0113. The normalized spacial score (nSPS) is 10.4. The van der Waals surface area contributed by atoms with E-state index >= 15 is 0 Å². The third kappa shape index (κ3) is 6.78. The van der Waals surface area contributed by atoms with Crippen LogP contribution in [0.1, 0.15) is 44.2 Å². The molecule has 2 aromatic carbocycles. The van der Waals surface area contributed by atoms with E-state index in [0.717, 1.165) is 18.4 Å². The van der Waals surface area contributed by atoms with E-state index in [-0.39, 0.29) is 18.0 Å². The maximum atomic E-state index is 12.3. The maximum absolute atomic E-state index is 12.3. The number of hydrogen-bond donors (Lipinski definition) is 1. The molecule has 7 nitrogen and oxygen atoms in total. The van der Waals surface area contributed by atoms with Crippen LogP contribution in [0.2, 0.25) is 0 Å². The SMILES string of the molecule is CCCCOc1ccc(CCC(=O)Nc2ccc(C)c([N+](=O)[O-])c2)cc1OCC. The second-order valence-electron chi connectivity index (χ2n) is 6.72. The summed E-state index contributed by atoms with van der Waals surface area (Å²) < 4.78 is 11.4. The number of anilines is 1. The van der Waals surface area contributed by atoms with Gasteiger partial charge in [-0.2, -0.15) is 0 Å². The van der Waals surface area contributed by atoms with Gasteiger partial charge in [-0.05, 0) is 50.5 Å². The highest BCUT2D eigenvalue weighted by Gasteiger charge is 2.13. The van der Waals surface area contributed by atoms with Crippen LogP contribution in [0.3, 0.4) is 0 Å². The number of aryl methyl sites for hydroxylation is 2. The van der Waals surface area contributed by atoms with Crippen LogP contribution in [0.25, 0.3) is 0 Å². The molecule has 0 aromatic heterocycles. The predicted molar refractivity (Wildman–Crippen MR) is 113 cm³/mol. The van der Waals surface area contributed by atoms with Crippen molar-refractivity contribution >= 4 is 17.3 Å². The fourth-order valence-electron chi connectivity index (χ4n) is 2.79. The number of rotatable bonds is 11. The molecule has 0 aliphatic carbocycles. The molecule has 29 heavy (non-hydrogen) atoms. The van der Waals surface area contributed by atoms with Crippen molar-refractivity contribution < 1.29 is 19.2 Å². The number of amides is 1. The van der Waals surface area contributed by atoms with E-state index in [0.29, 0.717) is 42.4 Å². The van der Waals surface area contributed by atoms with Crippen LogP contribution >= 0.6 is 0 Å². The Morgan fingerprint density at radius 2 is 1.90 bits per heavy atom. The predicted octanol–water partition coefficient (Wildman–Crippen LogP) is 5.05. The number of nitro benzene ring substituents is 1. The van der Waals surface area contributed by atoms with Gasteiger partial charge in [-0.3, -0.25) is 14.9 Å². The second kappa shape index (κ2) is 11.0. The largest absolute Gasteiger partial charge is 0.490 e. The fourth-order valence-corrected chi connectivity index (χ4v) is 2.79. The van der Waals surface area contributed by atoms with Gasteiger partial charge in [-0.15, -0.1) is 0 Å². The number of nitrogens with one attached hydrogen (secondary N) is 1. The van der Waals surface area contributed by atoms with Gasteiger partial charge in [0.25, 0.3) is 5.69 Å². The van der Waals surface area contributed by atoms with Gasteiger partial charge in [0, 0.05) is 23.7 Å². The lowest BCUT2D eigenvalue weighted by atomic mass is 10.1. The lowest BCUT2D eigenvalue weighted by molar-refractivity contribution is -0.385. The second-order valence-corrected chi connectivity index (χ2v) is 6.72. The quantitative estimate of drug-likeness (QED) is 0.324. The van der Waals surface area contributed by atoms with Gasteiger partial charge >= 0.3 is 0 Å². The van der Waals surface area contributed by atoms with E-state index in [9.17, 15) is 14.9 Å². The number of ether oxygens (including phenoxy) is 2. The Morgan fingerprint density at radius 3 is 2.59 bits per heavy atom. The lowest BCUT2D eigenvalue weighted by Gasteiger charge is -2.13. The number of unbranched alkanes of at least 4 members (excludes halogenated alkanes) is 1. The summed E-state index contributed by atoms with van der Waals surface area (Å²) in [6.07, 6.45) is 2.81. The summed E-state index contributed by atoms with van der Waals surface area (Å²) in [6, 6.07) is 10.4. The van der Waals surface area contributed by atoms with Crippen LogP contribution in [-0.4, -0.2) is 24.0 Å². The molecule has 0 fully saturated rings. The average molecular weight is 400 g/mol. The summed E-state index contributed by atoms with van der Waals surface area (Å²) >= 11 is 0. The number of hydrogen-bond acceptors (Lipinski definition) is 5. The van der Waals surface area contributed by atoms with Crippen LogP contribution in [0.5, 0.6) is 11.5 Å². The Balaban J connectivity index is 1.98. The first-order chi connectivity index (χ1) is 13.9. The Morgan fingerprint density at radius 1 is 1.10 bits per heavy atom. The molecule has 0 atom stereocenters. The minimum atomic E-state index is -0.454. The first-order valence-corrected chi connectivity index (χ1v) is 9.88. The Kier molecular flexibility index (Phi) is 8.45. The highest BCUT2D eigenvalue weighted by atomic mass is 16.6. The topological polar surface area (TPSA) is 90.7 Å². The Hall–Kier alpha value is -3.09. The number of carbonyl (C=O) groups excluding carboxylic acids is 1. The number of benzene rings is 2. The third-order valence-electron chi connectivity index (χ3n) is 4.39. The molecule has 1 amide bonds. The standard InChI is InChI=1S/C22H28N2O5/c1-4-6-13-29-20-11-8-17(14-21(20)28-5-2)9-12-22(25)23-18-10-7-16(3)19(15-18)24(26)27/h7-8,10-11,14-15H,4-6,9,12-13H2,1-3H3,(H,23,25). The van der Waals surface area contributed by atoms with Gasteiger partial charge < -0.3 is 14.8 Å². The number of nitrogens with zero attached hydrogens (tertiary/aromatic N) is 1. The van der Waals surface area contributed by atoms with E-state index in [4.69, 9.17) is 9.47 Å². The first-order valence-electron chi connectivity index (χ1n) is 9.88. The molecular weight excluding hydrogens is 372 g/mol. The van der Waals surface area contributed by atoms with Crippen molar-refractivity contribution in [2.75, 3.05) is 18.5 Å². The molecular formula is C22H28N2O5. The average Bonchev–Trinajstić information content (AvgIpc) is 2.69. The van der Waals surface area contributed by atoms with Gasteiger partial charge in [-0.25, -0.2) is 0 Å². The summed E-state index contributed by atoms with van der Waals surface area (Å²) in [5.41, 5.74) is 1.92. The zero-order valence-corrected chi connectivity index (χ0v) is 17.2. The van der Waals surface area contributed by atoms with E-state index in [1.54, 1.807) is 19.1 Å². The van der Waals surface area contributed by atoms with Crippen LogP contribution in [0.4, 0.5) is 11.4 Å². The minimum Gasteiger partial charge on any atom is -0.490 e. The van der Waals surface area contributed by atoms with E-state index in [1.165, 1.54) is 6.07 Å². The molecule has 0 unspecified atom stereocenters. The molecule has 1 N–H and O–H groups in total. The smallest absolute Gasteiger partial charge is 0.274 e. The van der Waals surface area contributed by atoms with Crippen molar-refractivity contribution in [1.82, 2.24) is 0 Å². The molecule has 0 saturated carbocycles. The molecule has 0 aliphatic heterocycles. The van der Waals surface area contributed by atoms with E-state index in [2.05, 4.69) is 12.2 Å². The Bertz CT molecular complexity index is 851. The van der Waals surface area contributed by atoms with Crippen LogP contribution in [0, 0.1) is 17.0 Å². The van der Waals surface area contributed by atoms with Gasteiger partial charge in [0.05, 0.1) is 18.1 Å². The molecule has 2 rings (SSSR count). The zero-order valence-electron chi connectivity index (χ0n) is 17.2. The molecule has 0 saturated heterocycles. The Labute approximate surface area is 171 Å². The molecule has 0 radical (unpaired) electrons. The van der Waals surface area contributed by atoms with Crippen molar-refractivity contribution in [3.63, 3.8) is 0 Å². The molecule has 0 bridgehead atoms. The summed E-state index contributed by atoms with van der Waals surface area (Å²) in [4.78, 5) is 22.8. The van der Waals surface area contributed by atoms with Crippen LogP contribution in [-0.2, 0) is 11.2 Å². The van der Waals surface area contributed by atoms with Crippen molar-refractivity contribution in [2.45, 2.75) is 46.5 Å². The van der Waals surface area contributed by atoms with Crippen LogP contribution in [0.15, 0.2) is 36.4 Å². The van der Waals surface area contributed by atoms with Crippen molar-refractivity contribution in [2.24, 2.45) is 0 Å². The third-order valence-corrected chi connectivity index (χ3v) is 4.39. The summed E-state index contributed by atoms with van der Waals surface area (Å²) in [5, 5.41) is 13.8. The summed E-state index contributed by atoms with van der Waals surface area (Å²) in [5.74, 6) is 1.18. The number of nitro groups is 1. The monoisotopic (exact) mass is 400 g/mol. The maximum Gasteiger partial charge on any atom is 0.274 e. The number of carbonyl (C=O) groups is 1. The van der Waals surface area contributed by atoms with Gasteiger partial charge in [0.1, 0.15) is 0 Å². The lowest BCUT2D eigenvalue weighted by Crippen LogP contribution is -2.12. The molecule has 0 aliphatic rings. The van der Waals surface area contributed by atoms with E-state index in [1.807, 2.05) is 25.1 Å².